The van der Waals surface area contributed by atoms with E-state index in [0.717, 1.165) is 0 Å². The van der Waals surface area contributed by atoms with Gasteiger partial charge in [0, 0.05) is 19.0 Å². The predicted octanol–water partition coefficient (Wildman–Crippen LogP) is 1.94. The minimum atomic E-state index is -3.47. The van der Waals surface area contributed by atoms with Crippen molar-refractivity contribution < 1.29 is 13.2 Å². The lowest BCUT2D eigenvalue weighted by molar-refractivity contribution is 0.414. The molecule has 1 aromatic rings. The summed E-state index contributed by atoms with van der Waals surface area (Å²) in [4.78, 5) is 0.234. The molecule has 1 aromatic carbocycles. The molecule has 0 aliphatic heterocycles. The van der Waals surface area contributed by atoms with Gasteiger partial charge in [-0.15, -0.1) is 11.6 Å². The van der Waals surface area contributed by atoms with E-state index in [-0.39, 0.29) is 16.8 Å². The zero-order valence-electron chi connectivity index (χ0n) is 10.1. The monoisotopic (exact) mass is 277 g/mol. The third-order valence-corrected chi connectivity index (χ3v) is 4.25. The molecule has 96 valence electrons. The molecule has 0 aliphatic rings. The number of hydrogen-bond donors (Lipinski definition) is 0. The quantitative estimate of drug-likeness (QED) is 0.773. The average molecular weight is 278 g/mol. The summed E-state index contributed by atoms with van der Waals surface area (Å²) in [5.41, 5.74) is 0. The number of alkyl halides is 1. The Kier molecular flexibility index (Phi) is 4.80. The summed E-state index contributed by atoms with van der Waals surface area (Å²) in [5.74, 6) is 0.623. The summed E-state index contributed by atoms with van der Waals surface area (Å²) in [6.45, 7) is 2.03. The minimum absolute atomic E-state index is 0.229. The van der Waals surface area contributed by atoms with Crippen molar-refractivity contribution in [2.75, 3.05) is 20.7 Å². The highest BCUT2D eigenvalue weighted by molar-refractivity contribution is 7.89. The molecule has 0 bridgehead atoms. The predicted molar refractivity (Wildman–Crippen MR) is 68.1 cm³/mol. The van der Waals surface area contributed by atoms with E-state index in [9.17, 15) is 8.42 Å². The van der Waals surface area contributed by atoms with Crippen LogP contribution in [-0.4, -0.2) is 38.8 Å². The Hall–Kier alpha value is -0.780. The molecule has 0 N–H and O–H groups in total. The van der Waals surface area contributed by atoms with E-state index >= 15 is 0 Å². The number of rotatable bonds is 5. The van der Waals surface area contributed by atoms with Crippen LogP contribution in [0.25, 0.3) is 0 Å². The standard InChI is InChI=1S/C11H16ClNO3S/c1-9(12)8-13(2)17(14,15)11-6-4-10(16-3)5-7-11/h4-7,9H,8H2,1-3H3. The van der Waals surface area contributed by atoms with Crippen LogP contribution in [0, 0.1) is 0 Å². The molecule has 0 amide bonds. The van der Waals surface area contributed by atoms with Gasteiger partial charge in [-0.2, -0.15) is 4.31 Å². The van der Waals surface area contributed by atoms with Gasteiger partial charge in [0.05, 0.1) is 12.0 Å². The van der Waals surface area contributed by atoms with E-state index in [1.807, 2.05) is 0 Å². The maximum Gasteiger partial charge on any atom is 0.242 e. The fourth-order valence-electron chi connectivity index (χ4n) is 1.38. The molecular formula is C11H16ClNO3S. The van der Waals surface area contributed by atoms with Crippen LogP contribution in [0.15, 0.2) is 29.2 Å². The number of benzene rings is 1. The molecule has 0 radical (unpaired) electrons. The van der Waals surface area contributed by atoms with Gasteiger partial charge in [0.1, 0.15) is 5.75 Å². The topological polar surface area (TPSA) is 46.6 Å². The van der Waals surface area contributed by atoms with Crippen molar-refractivity contribution in [3.05, 3.63) is 24.3 Å². The summed E-state index contributed by atoms with van der Waals surface area (Å²) in [6.07, 6.45) is 0. The van der Waals surface area contributed by atoms with Gasteiger partial charge in [0.15, 0.2) is 0 Å². The first-order valence-electron chi connectivity index (χ1n) is 5.12. The molecule has 4 nitrogen and oxygen atoms in total. The lowest BCUT2D eigenvalue weighted by Crippen LogP contribution is -2.31. The average Bonchev–Trinajstić information content (AvgIpc) is 2.28. The van der Waals surface area contributed by atoms with Crippen LogP contribution in [0.5, 0.6) is 5.75 Å². The number of sulfonamides is 1. The molecule has 0 spiro atoms. The number of halogens is 1. The van der Waals surface area contributed by atoms with Crippen LogP contribution in [-0.2, 0) is 10.0 Å². The molecule has 1 rings (SSSR count). The third-order valence-electron chi connectivity index (χ3n) is 2.28. The van der Waals surface area contributed by atoms with E-state index < -0.39 is 10.0 Å². The molecule has 0 aromatic heterocycles. The number of hydrogen-bond acceptors (Lipinski definition) is 3. The lowest BCUT2D eigenvalue weighted by Gasteiger charge is -2.18. The molecule has 0 heterocycles. The second kappa shape index (κ2) is 5.71. The Labute approximate surface area is 107 Å². The van der Waals surface area contributed by atoms with Gasteiger partial charge in [-0.1, -0.05) is 0 Å². The summed E-state index contributed by atoms with van der Waals surface area (Å²) < 4.78 is 30.4. The minimum Gasteiger partial charge on any atom is -0.497 e. The normalized spacial score (nSPS) is 13.7. The summed E-state index contributed by atoms with van der Waals surface area (Å²) in [6, 6.07) is 6.27. The van der Waals surface area contributed by atoms with Crippen molar-refractivity contribution in [1.29, 1.82) is 0 Å². The van der Waals surface area contributed by atoms with Crippen molar-refractivity contribution >= 4 is 21.6 Å². The summed E-state index contributed by atoms with van der Waals surface area (Å²) in [7, 11) is -0.421. The summed E-state index contributed by atoms with van der Waals surface area (Å²) in [5, 5.41) is -0.229. The molecule has 0 saturated heterocycles. The zero-order valence-corrected chi connectivity index (χ0v) is 11.6. The SMILES string of the molecule is COc1ccc(S(=O)(=O)N(C)CC(C)Cl)cc1. The van der Waals surface area contributed by atoms with Crippen LogP contribution < -0.4 is 4.74 Å². The molecule has 17 heavy (non-hydrogen) atoms. The van der Waals surface area contributed by atoms with E-state index in [2.05, 4.69) is 0 Å². The zero-order chi connectivity index (χ0) is 13.1. The van der Waals surface area contributed by atoms with E-state index in [0.29, 0.717) is 5.75 Å². The van der Waals surface area contributed by atoms with Crippen molar-refractivity contribution in [1.82, 2.24) is 4.31 Å². The van der Waals surface area contributed by atoms with Crippen molar-refractivity contribution in [3.8, 4) is 5.75 Å². The van der Waals surface area contributed by atoms with Crippen LogP contribution in [0.2, 0.25) is 0 Å². The molecule has 0 fully saturated rings. The maximum atomic E-state index is 12.1. The largest absolute Gasteiger partial charge is 0.497 e. The number of methoxy groups -OCH3 is 1. The fraction of sp³-hybridized carbons (Fsp3) is 0.455. The molecule has 1 atom stereocenters. The van der Waals surface area contributed by atoms with Gasteiger partial charge in [-0.25, -0.2) is 8.42 Å². The Morgan fingerprint density at radius 1 is 1.35 bits per heavy atom. The number of nitrogens with zero attached hydrogens (tertiary/aromatic N) is 1. The Morgan fingerprint density at radius 2 is 1.88 bits per heavy atom. The smallest absolute Gasteiger partial charge is 0.242 e. The Balaban J connectivity index is 2.96. The van der Waals surface area contributed by atoms with Crippen molar-refractivity contribution in [3.63, 3.8) is 0 Å². The van der Waals surface area contributed by atoms with Gasteiger partial charge in [0.25, 0.3) is 0 Å². The van der Waals surface area contributed by atoms with E-state index in [1.54, 1.807) is 19.1 Å². The van der Waals surface area contributed by atoms with Gasteiger partial charge in [-0.3, -0.25) is 0 Å². The summed E-state index contributed by atoms with van der Waals surface area (Å²) >= 11 is 5.79. The van der Waals surface area contributed by atoms with Crippen LogP contribution in [0.4, 0.5) is 0 Å². The molecule has 6 heteroatoms. The van der Waals surface area contributed by atoms with Crippen molar-refractivity contribution in [2.45, 2.75) is 17.2 Å². The van der Waals surface area contributed by atoms with Gasteiger partial charge < -0.3 is 4.74 Å². The molecule has 0 saturated carbocycles. The van der Waals surface area contributed by atoms with E-state index in [1.165, 1.54) is 30.6 Å². The molecule has 1 unspecified atom stereocenters. The highest BCUT2D eigenvalue weighted by atomic mass is 35.5. The van der Waals surface area contributed by atoms with Crippen molar-refractivity contribution in [2.24, 2.45) is 0 Å². The Morgan fingerprint density at radius 3 is 2.29 bits per heavy atom. The fourth-order valence-corrected chi connectivity index (χ4v) is 2.93. The van der Waals surface area contributed by atoms with Gasteiger partial charge in [0.2, 0.25) is 10.0 Å². The molecular weight excluding hydrogens is 262 g/mol. The van der Waals surface area contributed by atoms with Crippen LogP contribution in [0.3, 0.4) is 0 Å². The maximum absolute atomic E-state index is 12.1. The highest BCUT2D eigenvalue weighted by Gasteiger charge is 2.21. The van der Waals surface area contributed by atoms with Gasteiger partial charge >= 0.3 is 0 Å². The number of ether oxygens (including phenoxy) is 1. The Bertz CT molecular complexity index is 456. The van der Waals surface area contributed by atoms with Crippen LogP contribution in [0.1, 0.15) is 6.92 Å². The second-order valence-corrected chi connectivity index (χ2v) is 6.53. The highest BCUT2D eigenvalue weighted by Crippen LogP contribution is 2.19. The van der Waals surface area contributed by atoms with Gasteiger partial charge in [-0.05, 0) is 31.2 Å². The van der Waals surface area contributed by atoms with Crippen LogP contribution >= 0.6 is 11.6 Å². The first-order chi connectivity index (χ1) is 7.87. The first-order valence-corrected chi connectivity index (χ1v) is 7.00. The van der Waals surface area contributed by atoms with E-state index in [4.69, 9.17) is 16.3 Å². The second-order valence-electron chi connectivity index (χ2n) is 3.74. The lowest BCUT2D eigenvalue weighted by atomic mass is 10.3. The third kappa shape index (κ3) is 3.59. The first kappa shape index (κ1) is 14.3. The molecule has 0 aliphatic carbocycles.